The summed E-state index contributed by atoms with van der Waals surface area (Å²) in [5, 5.41) is 0. The Kier molecular flexibility index (Phi) is 3.31. The molecule has 1 aliphatic heterocycles. The number of imidazole rings is 1. The van der Waals surface area contributed by atoms with Crippen LogP contribution in [0.4, 0.5) is 5.69 Å². The number of hydrogen-bond donors (Lipinski definition) is 0. The standard InChI is InChI=1S/C14H18N4O2/c1-16-5-7-17(8-6-16)11-3-4-13-15-9-12(14(19)20-2)18(13)10-11/h3-4,9-10H,5-8H2,1-2H3. The first-order valence-corrected chi connectivity index (χ1v) is 6.68. The predicted molar refractivity (Wildman–Crippen MR) is 76.2 cm³/mol. The lowest BCUT2D eigenvalue weighted by atomic mass is 10.3. The van der Waals surface area contributed by atoms with Crippen LogP contribution in [-0.2, 0) is 4.74 Å². The van der Waals surface area contributed by atoms with Crippen LogP contribution < -0.4 is 4.90 Å². The molecule has 20 heavy (non-hydrogen) atoms. The lowest BCUT2D eigenvalue weighted by molar-refractivity contribution is 0.0593. The van der Waals surface area contributed by atoms with E-state index >= 15 is 0 Å². The summed E-state index contributed by atoms with van der Waals surface area (Å²) in [5.74, 6) is -0.368. The largest absolute Gasteiger partial charge is 0.464 e. The maximum absolute atomic E-state index is 11.7. The highest BCUT2D eigenvalue weighted by Gasteiger charge is 2.17. The number of piperazine rings is 1. The molecule has 1 aliphatic rings. The van der Waals surface area contributed by atoms with Crippen molar-refractivity contribution >= 4 is 17.3 Å². The second-order valence-corrected chi connectivity index (χ2v) is 5.04. The summed E-state index contributed by atoms with van der Waals surface area (Å²) in [6.45, 7) is 4.08. The molecule has 1 fully saturated rings. The van der Waals surface area contributed by atoms with E-state index in [1.807, 2.05) is 12.3 Å². The number of carbonyl (C=O) groups is 1. The van der Waals surface area contributed by atoms with Crippen LogP contribution >= 0.6 is 0 Å². The SMILES string of the molecule is COC(=O)c1cnc2ccc(N3CCN(C)CC3)cn12. The fourth-order valence-electron chi connectivity index (χ4n) is 2.48. The smallest absolute Gasteiger partial charge is 0.356 e. The van der Waals surface area contributed by atoms with Crippen molar-refractivity contribution in [3.63, 3.8) is 0 Å². The molecule has 3 rings (SSSR count). The van der Waals surface area contributed by atoms with Crippen molar-refractivity contribution in [2.75, 3.05) is 45.2 Å². The Hall–Kier alpha value is -2.08. The van der Waals surface area contributed by atoms with Crippen LogP contribution in [0.3, 0.4) is 0 Å². The van der Waals surface area contributed by atoms with Crippen molar-refractivity contribution in [1.82, 2.24) is 14.3 Å². The summed E-state index contributed by atoms with van der Waals surface area (Å²) >= 11 is 0. The van der Waals surface area contributed by atoms with E-state index in [0.29, 0.717) is 5.69 Å². The fourth-order valence-corrected chi connectivity index (χ4v) is 2.48. The van der Waals surface area contributed by atoms with Gasteiger partial charge in [-0.05, 0) is 19.2 Å². The van der Waals surface area contributed by atoms with Gasteiger partial charge in [0.2, 0.25) is 0 Å². The first-order valence-electron chi connectivity index (χ1n) is 6.68. The second kappa shape index (κ2) is 5.13. The van der Waals surface area contributed by atoms with Crippen LogP contribution in [0, 0.1) is 0 Å². The number of nitrogens with zero attached hydrogens (tertiary/aromatic N) is 4. The van der Waals surface area contributed by atoms with Gasteiger partial charge in [0.1, 0.15) is 5.65 Å². The lowest BCUT2D eigenvalue weighted by Crippen LogP contribution is -2.44. The number of hydrogen-bond acceptors (Lipinski definition) is 5. The number of aromatic nitrogens is 2. The van der Waals surface area contributed by atoms with Gasteiger partial charge in [0.25, 0.3) is 0 Å². The average Bonchev–Trinajstić information content (AvgIpc) is 2.90. The first-order chi connectivity index (χ1) is 9.69. The Morgan fingerprint density at radius 2 is 2.00 bits per heavy atom. The van der Waals surface area contributed by atoms with Gasteiger partial charge in [-0.1, -0.05) is 0 Å². The molecule has 106 valence electrons. The number of rotatable bonds is 2. The Morgan fingerprint density at radius 1 is 1.25 bits per heavy atom. The van der Waals surface area contributed by atoms with Crippen molar-refractivity contribution in [3.05, 3.63) is 30.2 Å². The summed E-state index contributed by atoms with van der Waals surface area (Å²) in [5.41, 5.74) is 2.32. The number of esters is 1. The zero-order valence-electron chi connectivity index (χ0n) is 11.7. The molecule has 0 unspecified atom stereocenters. The van der Waals surface area contributed by atoms with Crippen LogP contribution in [0.2, 0.25) is 0 Å². The molecule has 0 aromatic carbocycles. The summed E-state index contributed by atoms with van der Waals surface area (Å²) < 4.78 is 6.57. The highest BCUT2D eigenvalue weighted by Crippen LogP contribution is 2.18. The van der Waals surface area contributed by atoms with Gasteiger partial charge in [0, 0.05) is 32.4 Å². The zero-order valence-corrected chi connectivity index (χ0v) is 11.7. The van der Waals surface area contributed by atoms with E-state index in [2.05, 4.69) is 27.9 Å². The minimum atomic E-state index is -0.368. The Balaban J connectivity index is 1.95. The molecule has 2 aromatic rings. The van der Waals surface area contributed by atoms with Crippen LogP contribution in [0.5, 0.6) is 0 Å². The predicted octanol–water partition coefficient (Wildman–Crippen LogP) is 0.873. The maximum atomic E-state index is 11.7. The van der Waals surface area contributed by atoms with E-state index < -0.39 is 0 Å². The van der Waals surface area contributed by atoms with Crippen molar-refractivity contribution in [1.29, 1.82) is 0 Å². The molecule has 6 nitrogen and oxygen atoms in total. The number of anilines is 1. The first kappa shape index (κ1) is 12.9. The summed E-state index contributed by atoms with van der Waals surface area (Å²) in [6, 6.07) is 3.98. The average molecular weight is 274 g/mol. The molecule has 0 spiro atoms. The maximum Gasteiger partial charge on any atom is 0.356 e. The molecule has 0 atom stereocenters. The third kappa shape index (κ3) is 2.22. The van der Waals surface area contributed by atoms with Crippen LogP contribution in [-0.4, -0.2) is 60.6 Å². The molecule has 0 aliphatic carbocycles. The van der Waals surface area contributed by atoms with E-state index in [-0.39, 0.29) is 5.97 Å². The zero-order chi connectivity index (χ0) is 14.1. The molecular formula is C14H18N4O2. The van der Waals surface area contributed by atoms with Crippen LogP contribution in [0.25, 0.3) is 5.65 Å². The van der Waals surface area contributed by atoms with Gasteiger partial charge in [-0.2, -0.15) is 0 Å². The number of ether oxygens (including phenoxy) is 1. The summed E-state index contributed by atoms with van der Waals surface area (Å²) in [4.78, 5) is 20.6. The quantitative estimate of drug-likeness (QED) is 0.761. The number of likely N-dealkylation sites (N-methyl/N-ethyl adjacent to an activating group) is 1. The number of methoxy groups -OCH3 is 1. The number of carbonyl (C=O) groups excluding carboxylic acids is 1. The Morgan fingerprint density at radius 3 is 2.70 bits per heavy atom. The van der Waals surface area contributed by atoms with E-state index in [4.69, 9.17) is 4.74 Å². The van der Waals surface area contributed by atoms with Crippen molar-refractivity contribution in [2.45, 2.75) is 0 Å². The number of pyridine rings is 1. The van der Waals surface area contributed by atoms with Gasteiger partial charge in [-0.25, -0.2) is 9.78 Å². The molecule has 0 radical (unpaired) electrons. The van der Waals surface area contributed by atoms with Gasteiger partial charge in [0.15, 0.2) is 5.69 Å². The van der Waals surface area contributed by atoms with Crippen molar-refractivity contribution < 1.29 is 9.53 Å². The van der Waals surface area contributed by atoms with E-state index in [9.17, 15) is 4.79 Å². The molecule has 0 amide bonds. The molecule has 0 saturated carbocycles. The molecule has 0 bridgehead atoms. The van der Waals surface area contributed by atoms with Crippen LogP contribution in [0.1, 0.15) is 10.5 Å². The second-order valence-electron chi connectivity index (χ2n) is 5.04. The molecule has 6 heteroatoms. The summed E-state index contributed by atoms with van der Waals surface area (Å²) in [6.07, 6.45) is 3.51. The van der Waals surface area contributed by atoms with E-state index in [1.54, 1.807) is 10.6 Å². The van der Waals surface area contributed by atoms with Crippen molar-refractivity contribution in [3.8, 4) is 0 Å². The third-order valence-corrected chi connectivity index (χ3v) is 3.75. The fraction of sp³-hybridized carbons (Fsp3) is 0.429. The number of fused-ring (bicyclic) bond motifs is 1. The normalized spacial score (nSPS) is 16.6. The highest BCUT2D eigenvalue weighted by atomic mass is 16.5. The van der Waals surface area contributed by atoms with E-state index in [0.717, 1.165) is 37.5 Å². The van der Waals surface area contributed by atoms with Gasteiger partial charge in [0.05, 0.1) is 19.0 Å². The molecule has 2 aromatic heterocycles. The van der Waals surface area contributed by atoms with E-state index in [1.165, 1.54) is 7.11 Å². The Bertz CT molecular complexity index is 629. The molecule has 0 N–H and O–H groups in total. The molecule has 3 heterocycles. The Labute approximate surface area is 117 Å². The topological polar surface area (TPSA) is 50.1 Å². The van der Waals surface area contributed by atoms with Crippen LogP contribution in [0.15, 0.2) is 24.5 Å². The molecule has 1 saturated heterocycles. The lowest BCUT2D eigenvalue weighted by Gasteiger charge is -2.34. The summed E-state index contributed by atoms with van der Waals surface area (Å²) in [7, 11) is 3.51. The monoisotopic (exact) mass is 274 g/mol. The van der Waals surface area contributed by atoms with Crippen molar-refractivity contribution in [2.24, 2.45) is 0 Å². The highest BCUT2D eigenvalue weighted by molar-refractivity contribution is 5.88. The van der Waals surface area contributed by atoms with Gasteiger partial charge in [-0.3, -0.25) is 4.40 Å². The van der Waals surface area contributed by atoms with Gasteiger partial charge in [-0.15, -0.1) is 0 Å². The minimum Gasteiger partial charge on any atom is -0.464 e. The molecular weight excluding hydrogens is 256 g/mol. The minimum absolute atomic E-state index is 0.368. The van der Waals surface area contributed by atoms with Gasteiger partial charge >= 0.3 is 5.97 Å². The van der Waals surface area contributed by atoms with Gasteiger partial charge < -0.3 is 14.5 Å². The third-order valence-electron chi connectivity index (χ3n) is 3.75.